The number of carbonyl (C=O) groups excluding carboxylic acids is 2. The highest BCUT2D eigenvalue weighted by molar-refractivity contribution is 6.31. The van der Waals surface area contributed by atoms with Gasteiger partial charge in [-0.05, 0) is 43.5 Å². The van der Waals surface area contributed by atoms with Gasteiger partial charge in [0.05, 0.1) is 23.4 Å². The molecule has 1 aliphatic heterocycles. The first-order chi connectivity index (χ1) is 20.4. The first-order valence-electron chi connectivity index (χ1n) is 14.8. The molecule has 2 N–H and O–H groups in total. The molecule has 1 aliphatic carbocycles. The van der Waals surface area contributed by atoms with E-state index in [-0.39, 0.29) is 30.6 Å². The molecular weight excluding hydrogens is 591 g/mol. The number of alkyl halides is 3. The average molecular weight is 629 g/mol. The summed E-state index contributed by atoms with van der Waals surface area (Å²) in [6.45, 7) is 2.66. The summed E-state index contributed by atoms with van der Waals surface area (Å²) >= 11 is 6.21. The molecule has 1 atom stereocenters. The van der Waals surface area contributed by atoms with E-state index >= 15 is 4.39 Å². The van der Waals surface area contributed by atoms with Gasteiger partial charge in [-0.1, -0.05) is 49.8 Å². The Morgan fingerprint density at radius 1 is 1.02 bits per heavy atom. The number of carbonyl (C=O) groups is 2. The number of halogens is 6. The van der Waals surface area contributed by atoms with E-state index in [2.05, 4.69) is 10.6 Å². The van der Waals surface area contributed by atoms with E-state index in [1.165, 1.54) is 31.4 Å². The first-order valence-corrected chi connectivity index (χ1v) is 15.2. The fraction of sp³-hybridized carbons (Fsp3) is 0.548. The molecule has 12 heteroatoms. The van der Waals surface area contributed by atoms with Crippen molar-refractivity contribution >= 4 is 34.8 Å². The van der Waals surface area contributed by atoms with E-state index in [4.69, 9.17) is 11.6 Å². The summed E-state index contributed by atoms with van der Waals surface area (Å²) in [5.74, 6) is -3.10. The zero-order chi connectivity index (χ0) is 31.1. The molecule has 2 aromatic rings. The van der Waals surface area contributed by atoms with Crippen molar-refractivity contribution in [2.45, 2.75) is 77.1 Å². The van der Waals surface area contributed by atoms with Crippen molar-refractivity contribution in [3.63, 3.8) is 0 Å². The highest BCUT2D eigenvalue weighted by atomic mass is 35.5. The number of amides is 2. The Morgan fingerprint density at radius 2 is 1.77 bits per heavy atom. The standard InChI is InChI=1S/C31H38ClF5N4O2/c1-20-19-41(16-15-40(20)14-13-31(35,36)37)26-17-23(32)9-11-25(26)39-30(43)24-10-8-22(28(33)29(24)34)18-38-27(42)12-7-21-5-3-2-4-6-21/h8-11,17,20-21H,2-7,12-16,18-19H2,1H3,(H,38,42)(H,39,43)/t20-/m0/s1. The minimum atomic E-state index is -4.24. The van der Waals surface area contributed by atoms with Crippen molar-refractivity contribution in [3.8, 4) is 0 Å². The predicted octanol–water partition coefficient (Wildman–Crippen LogP) is 7.31. The number of benzene rings is 2. The van der Waals surface area contributed by atoms with Gasteiger partial charge in [-0.15, -0.1) is 0 Å². The molecule has 4 rings (SSSR count). The molecular formula is C31H38ClF5N4O2. The van der Waals surface area contributed by atoms with Crippen LogP contribution in [0.1, 0.15) is 74.2 Å². The lowest BCUT2D eigenvalue weighted by atomic mass is 9.86. The summed E-state index contributed by atoms with van der Waals surface area (Å²) in [6, 6.07) is 6.95. The number of rotatable bonds is 10. The van der Waals surface area contributed by atoms with Crippen molar-refractivity contribution < 1.29 is 31.5 Å². The van der Waals surface area contributed by atoms with Crippen molar-refractivity contribution in [2.75, 3.05) is 36.4 Å². The van der Waals surface area contributed by atoms with Gasteiger partial charge in [0.1, 0.15) is 0 Å². The minimum Gasteiger partial charge on any atom is -0.367 e. The number of anilines is 2. The summed E-state index contributed by atoms with van der Waals surface area (Å²) in [5.41, 5.74) is 0.261. The molecule has 6 nitrogen and oxygen atoms in total. The molecule has 0 aromatic heterocycles. The number of nitrogens with one attached hydrogen (secondary N) is 2. The van der Waals surface area contributed by atoms with Crippen LogP contribution in [0.4, 0.5) is 33.3 Å². The van der Waals surface area contributed by atoms with Crippen molar-refractivity contribution in [3.05, 3.63) is 58.1 Å². The smallest absolute Gasteiger partial charge is 0.367 e. The van der Waals surface area contributed by atoms with Gasteiger partial charge < -0.3 is 15.5 Å². The Balaban J connectivity index is 1.37. The van der Waals surface area contributed by atoms with Gasteiger partial charge in [0.2, 0.25) is 5.91 Å². The van der Waals surface area contributed by atoms with Crippen LogP contribution in [0.25, 0.3) is 0 Å². The Kier molecular flexibility index (Phi) is 11.3. The molecule has 0 unspecified atom stereocenters. The number of nitrogens with zero attached hydrogens (tertiary/aromatic N) is 2. The molecule has 43 heavy (non-hydrogen) atoms. The first kappa shape index (κ1) is 33.0. The Morgan fingerprint density at radius 3 is 2.47 bits per heavy atom. The summed E-state index contributed by atoms with van der Waals surface area (Å²) in [5, 5.41) is 5.65. The molecule has 2 fully saturated rings. The molecule has 2 aromatic carbocycles. The third kappa shape index (κ3) is 9.28. The van der Waals surface area contributed by atoms with E-state index in [0.717, 1.165) is 19.3 Å². The second-order valence-corrected chi connectivity index (χ2v) is 12.0. The number of hydrogen-bond acceptors (Lipinski definition) is 4. The van der Waals surface area contributed by atoms with Crippen LogP contribution in [0.3, 0.4) is 0 Å². The van der Waals surface area contributed by atoms with Crippen LogP contribution in [-0.2, 0) is 11.3 Å². The third-order valence-electron chi connectivity index (χ3n) is 8.38. The van der Waals surface area contributed by atoms with Crippen LogP contribution in [0.2, 0.25) is 5.02 Å². The fourth-order valence-electron chi connectivity index (χ4n) is 5.87. The normalized spacial score (nSPS) is 18.5. The van der Waals surface area contributed by atoms with Gasteiger partial charge in [-0.2, -0.15) is 13.2 Å². The molecule has 0 radical (unpaired) electrons. The van der Waals surface area contributed by atoms with Gasteiger partial charge in [0.25, 0.3) is 5.91 Å². The topological polar surface area (TPSA) is 64.7 Å². The molecule has 1 saturated carbocycles. The van der Waals surface area contributed by atoms with E-state index in [1.54, 1.807) is 23.1 Å². The zero-order valence-corrected chi connectivity index (χ0v) is 25.0. The van der Waals surface area contributed by atoms with Crippen LogP contribution in [0.5, 0.6) is 0 Å². The highest BCUT2D eigenvalue weighted by Gasteiger charge is 2.32. The van der Waals surface area contributed by atoms with Crippen LogP contribution < -0.4 is 15.5 Å². The van der Waals surface area contributed by atoms with Gasteiger partial charge >= 0.3 is 6.18 Å². The van der Waals surface area contributed by atoms with Gasteiger partial charge in [0, 0.05) is 55.8 Å². The molecule has 1 heterocycles. The third-order valence-corrected chi connectivity index (χ3v) is 8.62. The molecule has 0 bridgehead atoms. The Labute approximate surface area is 253 Å². The summed E-state index contributed by atoms with van der Waals surface area (Å²) in [6.07, 6.45) is 1.81. The maximum Gasteiger partial charge on any atom is 0.390 e. The Hall–Kier alpha value is -2.92. The minimum absolute atomic E-state index is 0.0652. The van der Waals surface area contributed by atoms with Gasteiger partial charge in [-0.3, -0.25) is 14.5 Å². The number of piperazine rings is 1. The number of hydrogen-bond donors (Lipinski definition) is 2. The SMILES string of the molecule is C[C@H]1CN(c2cc(Cl)ccc2NC(=O)c2ccc(CNC(=O)CCC3CCCCC3)c(F)c2F)CCN1CCC(F)(F)F. The van der Waals surface area contributed by atoms with Gasteiger partial charge in [-0.25, -0.2) is 8.78 Å². The van der Waals surface area contributed by atoms with Crippen molar-refractivity contribution in [2.24, 2.45) is 5.92 Å². The quantitative estimate of drug-likeness (QED) is 0.271. The lowest BCUT2D eigenvalue weighted by molar-refractivity contribution is -0.139. The van der Waals surface area contributed by atoms with Crippen LogP contribution >= 0.6 is 11.6 Å². The maximum absolute atomic E-state index is 15.0. The molecule has 2 amide bonds. The van der Waals surface area contributed by atoms with E-state index in [1.807, 2.05) is 11.8 Å². The molecule has 2 aliphatic rings. The van der Waals surface area contributed by atoms with E-state index < -0.39 is 35.7 Å². The molecule has 0 spiro atoms. The largest absolute Gasteiger partial charge is 0.390 e. The predicted molar refractivity (Wildman–Crippen MR) is 157 cm³/mol. The monoisotopic (exact) mass is 628 g/mol. The molecule has 1 saturated heterocycles. The van der Waals surface area contributed by atoms with E-state index in [9.17, 15) is 27.2 Å². The van der Waals surface area contributed by atoms with Crippen molar-refractivity contribution in [1.29, 1.82) is 0 Å². The van der Waals surface area contributed by atoms with Crippen LogP contribution in [-0.4, -0.2) is 55.1 Å². The summed E-state index contributed by atoms with van der Waals surface area (Å²) < 4.78 is 68.1. The highest BCUT2D eigenvalue weighted by Crippen LogP contribution is 2.33. The zero-order valence-electron chi connectivity index (χ0n) is 24.2. The second kappa shape index (κ2) is 14.7. The summed E-state index contributed by atoms with van der Waals surface area (Å²) in [4.78, 5) is 29.0. The second-order valence-electron chi connectivity index (χ2n) is 11.5. The van der Waals surface area contributed by atoms with Gasteiger partial charge in [0.15, 0.2) is 11.6 Å². The van der Waals surface area contributed by atoms with Crippen molar-refractivity contribution in [1.82, 2.24) is 10.2 Å². The average Bonchev–Trinajstić information content (AvgIpc) is 2.97. The Bertz CT molecular complexity index is 1290. The molecule has 236 valence electrons. The van der Waals surface area contributed by atoms with Crippen LogP contribution in [0, 0.1) is 17.6 Å². The summed E-state index contributed by atoms with van der Waals surface area (Å²) in [7, 11) is 0. The van der Waals surface area contributed by atoms with E-state index in [0.29, 0.717) is 48.4 Å². The lowest BCUT2D eigenvalue weighted by Crippen LogP contribution is -2.52. The fourth-order valence-corrected chi connectivity index (χ4v) is 6.04. The maximum atomic E-state index is 15.0. The van der Waals surface area contributed by atoms with Crippen LogP contribution in [0.15, 0.2) is 30.3 Å². The lowest BCUT2D eigenvalue weighted by Gasteiger charge is -2.41.